The van der Waals surface area contributed by atoms with Gasteiger partial charge in [-0.2, -0.15) is 0 Å². The fourth-order valence-corrected chi connectivity index (χ4v) is 3.97. The molecule has 3 rings (SSSR count). The molecule has 0 saturated heterocycles. The van der Waals surface area contributed by atoms with Crippen LogP contribution in [0.1, 0.15) is 42.9 Å². The van der Waals surface area contributed by atoms with Crippen LogP contribution < -0.4 is 10.5 Å². The molecule has 1 aromatic heterocycles. The smallest absolute Gasteiger partial charge is 0.180 e. The van der Waals surface area contributed by atoms with Gasteiger partial charge in [0.2, 0.25) is 0 Å². The Balaban J connectivity index is 1.95. The van der Waals surface area contributed by atoms with Gasteiger partial charge in [0, 0.05) is 10.4 Å². The average molecular weight is 288 g/mol. The predicted molar refractivity (Wildman–Crippen MR) is 84.3 cm³/mol. The first-order valence-corrected chi connectivity index (χ1v) is 8.00. The summed E-state index contributed by atoms with van der Waals surface area (Å²) in [5, 5.41) is 0.677. The molecule has 3 nitrogen and oxygen atoms in total. The van der Waals surface area contributed by atoms with E-state index in [-0.39, 0.29) is 0 Å². The highest BCUT2D eigenvalue weighted by Gasteiger charge is 2.22. The third-order valence-electron chi connectivity index (χ3n) is 4.01. The summed E-state index contributed by atoms with van der Waals surface area (Å²) >= 11 is 1.66. The minimum Gasteiger partial charge on any atom is -0.497 e. The summed E-state index contributed by atoms with van der Waals surface area (Å²) in [5.41, 5.74) is 8.17. The number of nitrogens with zero attached hydrogens (tertiary/aromatic N) is 1. The Kier molecular flexibility index (Phi) is 3.92. The summed E-state index contributed by atoms with van der Waals surface area (Å²) in [6.07, 6.45) is 6.55. The van der Waals surface area contributed by atoms with E-state index in [9.17, 15) is 0 Å². The van der Waals surface area contributed by atoms with Crippen LogP contribution in [0.4, 0.5) is 5.13 Å². The molecule has 106 valence electrons. The van der Waals surface area contributed by atoms with Gasteiger partial charge in [-0.25, -0.2) is 4.98 Å². The molecule has 4 heteroatoms. The Morgan fingerprint density at radius 1 is 1.15 bits per heavy atom. The molecule has 1 heterocycles. The van der Waals surface area contributed by atoms with Crippen LogP contribution in [-0.2, 0) is 0 Å². The van der Waals surface area contributed by atoms with Crippen molar-refractivity contribution in [3.63, 3.8) is 0 Å². The van der Waals surface area contributed by atoms with Crippen molar-refractivity contribution in [2.24, 2.45) is 0 Å². The van der Waals surface area contributed by atoms with E-state index in [0.717, 1.165) is 17.0 Å². The van der Waals surface area contributed by atoms with E-state index in [4.69, 9.17) is 10.5 Å². The van der Waals surface area contributed by atoms with E-state index in [1.807, 2.05) is 12.1 Å². The third kappa shape index (κ3) is 2.66. The molecular formula is C16H20N2OS. The van der Waals surface area contributed by atoms with Crippen molar-refractivity contribution in [3.8, 4) is 17.0 Å². The van der Waals surface area contributed by atoms with Crippen LogP contribution in [-0.4, -0.2) is 12.1 Å². The van der Waals surface area contributed by atoms with E-state index in [0.29, 0.717) is 11.0 Å². The number of anilines is 1. The lowest BCUT2D eigenvalue weighted by molar-refractivity contribution is 0.415. The van der Waals surface area contributed by atoms with Crippen molar-refractivity contribution in [2.45, 2.75) is 38.0 Å². The van der Waals surface area contributed by atoms with E-state index in [2.05, 4.69) is 17.1 Å². The van der Waals surface area contributed by atoms with Gasteiger partial charge in [-0.15, -0.1) is 11.3 Å². The monoisotopic (exact) mass is 288 g/mol. The molecule has 0 radical (unpaired) electrons. The second kappa shape index (κ2) is 5.83. The summed E-state index contributed by atoms with van der Waals surface area (Å²) in [6, 6.07) is 8.10. The van der Waals surface area contributed by atoms with Crippen molar-refractivity contribution >= 4 is 16.5 Å². The minimum atomic E-state index is 0.635. The number of benzene rings is 1. The fraction of sp³-hybridized carbons (Fsp3) is 0.438. The van der Waals surface area contributed by atoms with Gasteiger partial charge in [0.1, 0.15) is 5.75 Å². The molecule has 2 N–H and O–H groups in total. The maximum atomic E-state index is 5.96. The maximum absolute atomic E-state index is 5.96. The Labute approximate surface area is 123 Å². The Morgan fingerprint density at radius 3 is 2.50 bits per heavy atom. The molecule has 2 aromatic rings. The first kappa shape index (κ1) is 13.4. The van der Waals surface area contributed by atoms with Crippen LogP contribution in [0.5, 0.6) is 5.75 Å². The normalized spacial score (nSPS) is 16.2. The predicted octanol–water partition coefficient (Wildman–Crippen LogP) is 4.45. The molecule has 0 aliphatic heterocycles. The van der Waals surface area contributed by atoms with Crippen LogP contribution in [0.3, 0.4) is 0 Å². The first-order valence-electron chi connectivity index (χ1n) is 7.18. The molecular weight excluding hydrogens is 268 g/mol. The maximum Gasteiger partial charge on any atom is 0.180 e. The topological polar surface area (TPSA) is 48.1 Å². The molecule has 0 atom stereocenters. The number of nitrogen functional groups attached to an aromatic ring is 1. The number of rotatable bonds is 3. The second-order valence-corrected chi connectivity index (χ2v) is 6.39. The minimum absolute atomic E-state index is 0.635. The largest absolute Gasteiger partial charge is 0.497 e. The molecule has 1 aliphatic rings. The standard InChI is InChI=1S/C16H20N2OS/c1-19-13-9-7-11(8-10-13)14-15(20-16(17)18-14)12-5-3-2-4-6-12/h7-10,12H,2-6H2,1H3,(H2,17,18). The summed E-state index contributed by atoms with van der Waals surface area (Å²) < 4.78 is 5.21. The summed E-state index contributed by atoms with van der Waals surface area (Å²) in [6.45, 7) is 0. The average Bonchev–Trinajstić information content (AvgIpc) is 2.90. The van der Waals surface area contributed by atoms with Gasteiger partial charge in [0.05, 0.1) is 12.8 Å². The number of aromatic nitrogens is 1. The highest BCUT2D eigenvalue weighted by atomic mass is 32.1. The quantitative estimate of drug-likeness (QED) is 0.907. The Hall–Kier alpha value is -1.55. The lowest BCUT2D eigenvalue weighted by atomic mass is 9.87. The van der Waals surface area contributed by atoms with Gasteiger partial charge in [0.25, 0.3) is 0 Å². The Morgan fingerprint density at radius 2 is 1.85 bits per heavy atom. The number of hydrogen-bond acceptors (Lipinski definition) is 4. The van der Waals surface area contributed by atoms with E-state index < -0.39 is 0 Å². The van der Waals surface area contributed by atoms with Crippen molar-refractivity contribution in [3.05, 3.63) is 29.1 Å². The molecule has 0 bridgehead atoms. The number of nitrogens with two attached hydrogens (primary N) is 1. The molecule has 1 aliphatic carbocycles. The third-order valence-corrected chi connectivity index (χ3v) is 5.06. The lowest BCUT2D eigenvalue weighted by Crippen LogP contribution is -2.04. The SMILES string of the molecule is COc1ccc(-c2nc(N)sc2C2CCCCC2)cc1. The van der Waals surface area contributed by atoms with Crippen molar-refractivity contribution in [1.82, 2.24) is 4.98 Å². The number of hydrogen-bond donors (Lipinski definition) is 1. The van der Waals surface area contributed by atoms with Gasteiger partial charge < -0.3 is 10.5 Å². The van der Waals surface area contributed by atoms with Gasteiger partial charge in [-0.05, 0) is 43.0 Å². The van der Waals surface area contributed by atoms with Crippen LogP contribution in [0.25, 0.3) is 11.3 Å². The van der Waals surface area contributed by atoms with Crippen LogP contribution in [0.15, 0.2) is 24.3 Å². The van der Waals surface area contributed by atoms with Crippen molar-refractivity contribution in [2.75, 3.05) is 12.8 Å². The van der Waals surface area contributed by atoms with Crippen LogP contribution in [0, 0.1) is 0 Å². The number of methoxy groups -OCH3 is 1. The molecule has 1 aromatic carbocycles. The molecule has 0 unspecified atom stereocenters. The fourth-order valence-electron chi connectivity index (χ4n) is 2.95. The summed E-state index contributed by atoms with van der Waals surface area (Å²) in [4.78, 5) is 5.93. The Bertz CT molecular complexity index is 571. The first-order chi connectivity index (χ1) is 9.78. The number of ether oxygens (including phenoxy) is 1. The van der Waals surface area contributed by atoms with Gasteiger partial charge >= 0.3 is 0 Å². The molecule has 0 spiro atoms. The molecule has 1 fully saturated rings. The number of thiazole rings is 1. The zero-order valence-corrected chi connectivity index (χ0v) is 12.6. The van der Waals surface area contributed by atoms with Gasteiger partial charge in [-0.3, -0.25) is 0 Å². The van der Waals surface area contributed by atoms with Gasteiger partial charge in [0.15, 0.2) is 5.13 Å². The zero-order chi connectivity index (χ0) is 13.9. The molecule has 0 amide bonds. The lowest BCUT2D eigenvalue weighted by Gasteiger charge is -2.21. The zero-order valence-electron chi connectivity index (χ0n) is 11.8. The van der Waals surface area contributed by atoms with Crippen molar-refractivity contribution in [1.29, 1.82) is 0 Å². The van der Waals surface area contributed by atoms with E-state index >= 15 is 0 Å². The summed E-state index contributed by atoms with van der Waals surface area (Å²) in [7, 11) is 1.68. The summed E-state index contributed by atoms with van der Waals surface area (Å²) in [5.74, 6) is 1.51. The van der Waals surface area contributed by atoms with E-state index in [1.54, 1.807) is 18.4 Å². The highest BCUT2D eigenvalue weighted by Crippen LogP contribution is 2.42. The van der Waals surface area contributed by atoms with Crippen LogP contribution in [0.2, 0.25) is 0 Å². The van der Waals surface area contributed by atoms with Crippen molar-refractivity contribution < 1.29 is 4.74 Å². The van der Waals surface area contributed by atoms with Crippen LogP contribution >= 0.6 is 11.3 Å². The van der Waals surface area contributed by atoms with Gasteiger partial charge in [-0.1, -0.05) is 19.3 Å². The molecule has 1 saturated carbocycles. The van der Waals surface area contributed by atoms with E-state index in [1.165, 1.54) is 37.0 Å². The second-order valence-electron chi connectivity index (χ2n) is 5.33. The molecule has 20 heavy (non-hydrogen) atoms. The highest BCUT2D eigenvalue weighted by molar-refractivity contribution is 7.15.